The van der Waals surface area contributed by atoms with Gasteiger partial charge in [-0.05, 0) is 30.7 Å². The summed E-state index contributed by atoms with van der Waals surface area (Å²) in [4.78, 5) is 0. The highest BCUT2D eigenvalue weighted by atomic mass is 16.3. The van der Waals surface area contributed by atoms with Crippen LogP contribution in [-0.2, 0) is 6.42 Å². The first-order valence-electron chi connectivity index (χ1n) is 5.23. The van der Waals surface area contributed by atoms with Gasteiger partial charge in [-0.2, -0.15) is 0 Å². The predicted molar refractivity (Wildman–Crippen MR) is 56.9 cm³/mol. The van der Waals surface area contributed by atoms with E-state index < -0.39 is 0 Å². The van der Waals surface area contributed by atoms with E-state index in [1.807, 2.05) is 18.2 Å². The van der Waals surface area contributed by atoms with Crippen LogP contribution in [0, 0.1) is 5.92 Å². The number of hydrogen-bond acceptors (Lipinski definition) is 2. The van der Waals surface area contributed by atoms with Gasteiger partial charge < -0.3 is 10.8 Å². The van der Waals surface area contributed by atoms with Gasteiger partial charge in [-0.1, -0.05) is 30.3 Å². The van der Waals surface area contributed by atoms with E-state index in [1.54, 1.807) is 0 Å². The molecule has 1 fully saturated rings. The average molecular weight is 191 g/mol. The van der Waals surface area contributed by atoms with E-state index in [1.165, 1.54) is 5.56 Å². The summed E-state index contributed by atoms with van der Waals surface area (Å²) in [5.74, 6) is 0.354. The second-order valence-corrected chi connectivity index (χ2v) is 4.25. The Kier molecular flexibility index (Phi) is 2.85. The normalized spacial score (nSPS) is 32.0. The smallest absolute Gasteiger partial charge is 0.0586 e. The van der Waals surface area contributed by atoms with E-state index in [-0.39, 0.29) is 12.1 Å². The molecule has 1 aromatic carbocycles. The number of aliphatic hydroxyl groups excluding tert-OH is 1. The molecule has 0 saturated heterocycles. The SMILES string of the molecule is N[C@@H]1C[C@@H](Cc2ccccc2)[C@H](O)C1. The Balaban J connectivity index is 1.98. The van der Waals surface area contributed by atoms with E-state index in [9.17, 15) is 5.11 Å². The van der Waals surface area contributed by atoms with Crippen LogP contribution in [0.5, 0.6) is 0 Å². The van der Waals surface area contributed by atoms with Crippen molar-refractivity contribution in [1.29, 1.82) is 0 Å². The van der Waals surface area contributed by atoms with Crippen molar-refractivity contribution >= 4 is 0 Å². The zero-order valence-corrected chi connectivity index (χ0v) is 8.26. The molecule has 1 saturated carbocycles. The Morgan fingerprint density at radius 2 is 1.93 bits per heavy atom. The average Bonchev–Trinajstić information content (AvgIpc) is 2.47. The van der Waals surface area contributed by atoms with Gasteiger partial charge in [0.25, 0.3) is 0 Å². The van der Waals surface area contributed by atoms with Crippen molar-refractivity contribution in [2.45, 2.75) is 31.4 Å². The van der Waals surface area contributed by atoms with E-state index in [2.05, 4.69) is 12.1 Å². The number of hydrogen-bond donors (Lipinski definition) is 2. The van der Waals surface area contributed by atoms with Gasteiger partial charge in [0.05, 0.1) is 6.10 Å². The zero-order valence-electron chi connectivity index (χ0n) is 8.26. The Hall–Kier alpha value is -0.860. The summed E-state index contributed by atoms with van der Waals surface area (Å²) in [6, 6.07) is 10.5. The third kappa shape index (κ3) is 2.14. The monoisotopic (exact) mass is 191 g/mol. The Labute approximate surface area is 84.7 Å². The lowest BCUT2D eigenvalue weighted by Crippen LogP contribution is -2.15. The van der Waals surface area contributed by atoms with Crippen molar-refractivity contribution < 1.29 is 5.11 Å². The highest BCUT2D eigenvalue weighted by Gasteiger charge is 2.30. The summed E-state index contributed by atoms with van der Waals surface area (Å²) in [6.45, 7) is 0. The molecule has 3 N–H and O–H groups in total. The number of nitrogens with two attached hydrogens (primary N) is 1. The summed E-state index contributed by atoms with van der Waals surface area (Å²) >= 11 is 0. The molecule has 0 aromatic heterocycles. The Morgan fingerprint density at radius 1 is 1.21 bits per heavy atom. The van der Waals surface area contributed by atoms with Gasteiger partial charge in [-0.3, -0.25) is 0 Å². The molecule has 14 heavy (non-hydrogen) atoms. The zero-order chi connectivity index (χ0) is 9.97. The molecule has 0 amide bonds. The molecule has 1 aliphatic carbocycles. The molecule has 0 aliphatic heterocycles. The lowest BCUT2D eigenvalue weighted by atomic mass is 9.96. The molecule has 1 aromatic rings. The topological polar surface area (TPSA) is 46.2 Å². The predicted octanol–water partition coefficient (Wildman–Crippen LogP) is 1.33. The van der Waals surface area contributed by atoms with E-state index in [0.717, 1.165) is 19.3 Å². The first kappa shape index (κ1) is 9.69. The summed E-state index contributed by atoms with van der Waals surface area (Å²) in [5, 5.41) is 9.74. The lowest BCUT2D eigenvalue weighted by Gasteiger charge is -2.13. The van der Waals surface area contributed by atoms with Crippen molar-refractivity contribution in [3.63, 3.8) is 0 Å². The van der Waals surface area contributed by atoms with Crippen LogP contribution >= 0.6 is 0 Å². The molecule has 2 rings (SSSR count). The van der Waals surface area contributed by atoms with Gasteiger partial charge >= 0.3 is 0 Å². The molecule has 1 aliphatic rings. The standard InChI is InChI=1S/C12H17NO/c13-11-7-10(12(14)8-11)6-9-4-2-1-3-5-9/h1-5,10-12,14H,6-8,13H2/t10-,11-,12-/m1/s1. The molecule has 0 heterocycles. The maximum absolute atomic E-state index is 9.74. The molecular formula is C12H17NO. The highest BCUT2D eigenvalue weighted by Crippen LogP contribution is 2.27. The quantitative estimate of drug-likeness (QED) is 0.740. The van der Waals surface area contributed by atoms with Crippen molar-refractivity contribution in [3.05, 3.63) is 35.9 Å². The summed E-state index contributed by atoms with van der Waals surface area (Å²) in [6.07, 6.45) is 2.47. The fourth-order valence-corrected chi connectivity index (χ4v) is 2.28. The van der Waals surface area contributed by atoms with E-state index in [4.69, 9.17) is 5.73 Å². The second kappa shape index (κ2) is 4.11. The van der Waals surface area contributed by atoms with Crippen LogP contribution in [0.25, 0.3) is 0 Å². The minimum absolute atomic E-state index is 0.193. The summed E-state index contributed by atoms with van der Waals surface area (Å²) in [7, 11) is 0. The van der Waals surface area contributed by atoms with Gasteiger partial charge in [-0.25, -0.2) is 0 Å². The Bertz CT molecular complexity index is 286. The van der Waals surface area contributed by atoms with Crippen LogP contribution in [0.15, 0.2) is 30.3 Å². The van der Waals surface area contributed by atoms with Crippen LogP contribution in [0.3, 0.4) is 0 Å². The van der Waals surface area contributed by atoms with Crippen molar-refractivity contribution in [2.24, 2.45) is 11.7 Å². The number of benzene rings is 1. The van der Waals surface area contributed by atoms with Crippen molar-refractivity contribution in [1.82, 2.24) is 0 Å². The molecule has 2 heteroatoms. The second-order valence-electron chi connectivity index (χ2n) is 4.25. The minimum atomic E-state index is -0.204. The van der Waals surface area contributed by atoms with Gasteiger partial charge in [-0.15, -0.1) is 0 Å². The van der Waals surface area contributed by atoms with Gasteiger partial charge in [0.15, 0.2) is 0 Å². The number of aliphatic hydroxyl groups is 1. The van der Waals surface area contributed by atoms with Crippen LogP contribution < -0.4 is 5.73 Å². The third-order valence-electron chi connectivity index (χ3n) is 3.03. The molecule has 3 atom stereocenters. The molecule has 2 nitrogen and oxygen atoms in total. The molecular weight excluding hydrogens is 174 g/mol. The summed E-state index contributed by atoms with van der Waals surface area (Å²) < 4.78 is 0. The molecule has 0 unspecified atom stereocenters. The molecule has 76 valence electrons. The van der Waals surface area contributed by atoms with Gasteiger partial charge in [0, 0.05) is 6.04 Å². The van der Waals surface area contributed by atoms with Crippen LogP contribution in [0.2, 0.25) is 0 Å². The van der Waals surface area contributed by atoms with Crippen LogP contribution in [0.1, 0.15) is 18.4 Å². The molecule has 0 bridgehead atoms. The van der Waals surface area contributed by atoms with Crippen molar-refractivity contribution in [2.75, 3.05) is 0 Å². The first-order valence-corrected chi connectivity index (χ1v) is 5.23. The van der Waals surface area contributed by atoms with Crippen LogP contribution in [0.4, 0.5) is 0 Å². The summed E-state index contributed by atoms with van der Waals surface area (Å²) in [5.41, 5.74) is 7.11. The van der Waals surface area contributed by atoms with E-state index in [0.29, 0.717) is 5.92 Å². The largest absolute Gasteiger partial charge is 0.393 e. The fourth-order valence-electron chi connectivity index (χ4n) is 2.28. The Morgan fingerprint density at radius 3 is 2.50 bits per heavy atom. The molecule has 0 radical (unpaired) electrons. The minimum Gasteiger partial charge on any atom is -0.393 e. The maximum atomic E-state index is 9.74. The maximum Gasteiger partial charge on any atom is 0.0586 e. The van der Waals surface area contributed by atoms with Crippen molar-refractivity contribution in [3.8, 4) is 0 Å². The number of rotatable bonds is 2. The molecule has 0 spiro atoms. The fraction of sp³-hybridized carbons (Fsp3) is 0.500. The van der Waals surface area contributed by atoms with Gasteiger partial charge in [0.1, 0.15) is 0 Å². The highest BCUT2D eigenvalue weighted by molar-refractivity contribution is 5.16. The van der Waals surface area contributed by atoms with Gasteiger partial charge in [0.2, 0.25) is 0 Å². The van der Waals surface area contributed by atoms with E-state index >= 15 is 0 Å². The third-order valence-corrected chi connectivity index (χ3v) is 3.03. The lowest BCUT2D eigenvalue weighted by molar-refractivity contribution is 0.132. The van der Waals surface area contributed by atoms with Crippen LogP contribution in [-0.4, -0.2) is 17.3 Å². The first-order chi connectivity index (χ1) is 6.75.